The maximum atomic E-state index is 13.9. The highest BCUT2D eigenvalue weighted by molar-refractivity contribution is 6.32. The molecule has 1 aliphatic rings. The second-order valence-corrected chi connectivity index (χ2v) is 7.70. The highest BCUT2D eigenvalue weighted by atomic mass is 35.5. The number of carbonyl (C=O) groups is 1. The molecule has 1 N–H and O–H groups in total. The first-order valence-corrected chi connectivity index (χ1v) is 10.2. The van der Waals surface area contributed by atoms with E-state index in [9.17, 15) is 23.5 Å². The van der Waals surface area contributed by atoms with Crippen molar-refractivity contribution in [1.29, 1.82) is 0 Å². The van der Waals surface area contributed by atoms with Crippen LogP contribution >= 0.6 is 11.6 Å². The van der Waals surface area contributed by atoms with Crippen molar-refractivity contribution in [3.63, 3.8) is 0 Å². The van der Waals surface area contributed by atoms with Crippen molar-refractivity contribution in [3.8, 4) is 22.8 Å². The van der Waals surface area contributed by atoms with Gasteiger partial charge in [0, 0.05) is 55.7 Å². The van der Waals surface area contributed by atoms with E-state index >= 15 is 0 Å². The first-order valence-electron chi connectivity index (χ1n) is 9.86. The van der Waals surface area contributed by atoms with Crippen molar-refractivity contribution in [3.05, 3.63) is 80.6 Å². The molecule has 3 aromatic rings. The summed E-state index contributed by atoms with van der Waals surface area (Å²) in [5, 5.41) is 9.63. The van der Waals surface area contributed by atoms with Gasteiger partial charge in [0.05, 0.1) is 17.3 Å². The van der Waals surface area contributed by atoms with Crippen molar-refractivity contribution in [2.75, 3.05) is 20.3 Å². The van der Waals surface area contributed by atoms with E-state index in [1.54, 1.807) is 7.11 Å². The number of carboxylic acid groups (broad SMARTS) is 1. The highest BCUT2D eigenvalue weighted by Crippen LogP contribution is 2.44. The number of methoxy groups -OCH3 is 1. The van der Waals surface area contributed by atoms with Crippen molar-refractivity contribution in [2.45, 2.75) is 12.6 Å². The Hall–Kier alpha value is -3.43. The molecule has 1 aromatic heterocycles. The van der Waals surface area contributed by atoms with Gasteiger partial charge in [-0.2, -0.15) is 0 Å². The normalized spacial score (nSPS) is 14.2. The van der Waals surface area contributed by atoms with Gasteiger partial charge in [-0.25, -0.2) is 13.6 Å². The molecule has 0 aliphatic carbocycles. The lowest BCUT2D eigenvalue weighted by Crippen LogP contribution is -2.28. The predicted molar refractivity (Wildman–Crippen MR) is 115 cm³/mol. The van der Waals surface area contributed by atoms with Crippen LogP contribution in [-0.4, -0.2) is 36.0 Å². The topological polar surface area (TPSA) is 87.0 Å². The Morgan fingerprint density at radius 3 is 2.55 bits per heavy atom. The molecule has 0 spiro atoms. The number of hydrogen-bond acceptors (Lipinski definition) is 5. The zero-order valence-electron chi connectivity index (χ0n) is 17.3. The van der Waals surface area contributed by atoms with E-state index in [4.69, 9.17) is 25.8 Å². The molecule has 4 rings (SSSR count). The maximum Gasteiger partial charge on any atom is 0.341 e. The van der Waals surface area contributed by atoms with Crippen LogP contribution in [0.5, 0.6) is 11.5 Å². The summed E-state index contributed by atoms with van der Waals surface area (Å²) in [7, 11) is 1.57. The largest absolute Gasteiger partial charge is 0.492 e. The lowest BCUT2D eigenvalue weighted by Gasteiger charge is -2.32. The van der Waals surface area contributed by atoms with Crippen LogP contribution in [0.4, 0.5) is 8.78 Å². The number of ether oxygens (including phenoxy) is 3. The molecule has 1 unspecified atom stereocenters. The molecule has 33 heavy (non-hydrogen) atoms. The molecule has 0 bridgehead atoms. The summed E-state index contributed by atoms with van der Waals surface area (Å²) in [6.45, 7) is 0.817. The fraction of sp³-hybridized carbons (Fsp3) is 0.217. The Morgan fingerprint density at radius 2 is 1.88 bits per heavy atom. The quantitative estimate of drug-likeness (QED) is 0.504. The third-order valence-electron chi connectivity index (χ3n) is 5.03. The van der Waals surface area contributed by atoms with Crippen LogP contribution < -0.4 is 14.9 Å². The summed E-state index contributed by atoms with van der Waals surface area (Å²) >= 11 is 6.36. The summed E-state index contributed by atoms with van der Waals surface area (Å²) in [5.74, 6) is -2.55. The Balaban J connectivity index is 1.86. The van der Waals surface area contributed by atoms with Gasteiger partial charge in [-0.3, -0.25) is 4.79 Å². The minimum Gasteiger partial charge on any atom is -0.492 e. The van der Waals surface area contributed by atoms with Gasteiger partial charge in [0.15, 0.2) is 5.43 Å². The summed E-state index contributed by atoms with van der Waals surface area (Å²) in [6.07, 6.45) is 0.546. The number of carboxylic acids is 1. The number of nitrogens with zero attached hydrogens (tertiary/aromatic N) is 1. The summed E-state index contributed by atoms with van der Waals surface area (Å²) < 4.78 is 45.9. The van der Waals surface area contributed by atoms with Gasteiger partial charge >= 0.3 is 5.97 Å². The Labute approximate surface area is 191 Å². The predicted octanol–water partition coefficient (Wildman–Crippen LogP) is 4.50. The molecular formula is C23H18ClF2NO6. The summed E-state index contributed by atoms with van der Waals surface area (Å²) in [5.41, 5.74) is -0.504. The molecular weight excluding hydrogens is 460 g/mol. The summed E-state index contributed by atoms with van der Waals surface area (Å²) in [6, 6.07) is 7.02. The highest BCUT2D eigenvalue weighted by Gasteiger charge is 2.30. The number of benzene rings is 2. The lowest BCUT2D eigenvalue weighted by atomic mass is 10.0. The Kier molecular flexibility index (Phi) is 6.35. The molecule has 7 nitrogen and oxygen atoms in total. The number of aromatic nitrogens is 1. The van der Waals surface area contributed by atoms with Crippen LogP contribution in [0.15, 0.2) is 47.4 Å². The summed E-state index contributed by atoms with van der Waals surface area (Å²) in [4.78, 5) is 24.0. The molecule has 1 aliphatic heterocycles. The van der Waals surface area contributed by atoms with Crippen molar-refractivity contribution < 1.29 is 32.9 Å². The first-order chi connectivity index (χ1) is 15.8. The van der Waals surface area contributed by atoms with Gasteiger partial charge in [-0.15, -0.1) is 0 Å². The van der Waals surface area contributed by atoms with Crippen LogP contribution in [0.3, 0.4) is 0 Å². The molecule has 0 saturated heterocycles. The SMILES string of the molecule is COCCCOc1cc2c(cc1Cl)-c1cc(=O)c(C(=O)O)cn1C(c1cc(F)cc(F)c1)O2. The van der Waals surface area contributed by atoms with E-state index < -0.39 is 34.8 Å². The fourth-order valence-electron chi connectivity index (χ4n) is 3.57. The molecule has 0 fully saturated rings. The van der Waals surface area contributed by atoms with Gasteiger partial charge in [-0.1, -0.05) is 11.6 Å². The average Bonchev–Trinajstić information content (AvgIpc) is 2.75. The van der Waals surface area contributed by atoms with E-state index in [0.717, 1.165) is 24.4 Å². The molecule has 10 heteroatoms. The van der Waals surface area contributed by atoms with Gasteiger partial charge in [-0.05, 0) is 18.2 Å². The molecule has 0 amide bonds. The van der Waals surface area contributed by atoms with E-state index in [1.807, 2.05) is 0 Å². The minimum atomic E-state index is -1.44. The van der Waals surface area contributed by atoms with Gasteiger partial charge in [0.2, 0.25) is 6.23 Å². The number of fused-ring (bicyclic) bond motifs is 3. The van der Waals surface area contributed by atoms with Gasteiger partial charge < -0.3 is 23.9 Å². The average molecular weight is 478 g/mol. The van der Waals surface area contributed by atoms with E-state index in [2.05, 4.69) is 0 Å². The molecule has 172 valence electrons. The number of rotatable bonds is 7. The van der Waals surface area contributed by atoms with Gasteiger partial charge in [0.25, 0.3) is 0 Å². The first kappa shape index (κ1) is 22.8. The smallest absolute Gasteiger partial charge is 0.341 e. The molecule has 0 saturated carbocycles. The molecule has 1 atom stereocenters. The third-order valence-corrected chi connectivity index (χ3v) is 5.33. The van der Waals surface area contributed by atoms with Crippen LogP contribution in [0.25, 0.3) is 11.3 Å². The number of halogens is 3. The maximum absolute atomic E-state index is 13.9. The van der Waals surface area contributed by atoms with Crippen molar-refractivity contribution in [2.24, 2.45) is 0 Å². The molecule has 0 radical (unpaired) electrons. The zero-order valence-corrected chi connectivity index (χ0v) is 18.1. The zero-order chi connectivity index (χ0) is 23.7. The Bertz CT molecular complexity index is 1270. The van der Waals surface area contributed by atoms with E-state index in [-0.39, 0.29) is 22.0 Å². The van der Waals surface area contributed by atoms with E-state index in [0.29, 0.717) is 37.0 Å². The second-order valence-electron chi connectivity index (χ2n) is 7.30. The number of aromatic carboxylic acids is 1. The molecule has 2 aromatic carbocycles. The second kappa shape index (κ2) is 9.21. The molecule has 2 heterocycles. The fourth-order valence-corrected chi connectivity index (χ4v) is 3.79. The van der Waals surface area contributed by atoms with Crippen molar-refractivity contribution >= 4 is 17.6 Å². The van der Waals surface area contributed by atoms with Gasteiger partial charge in [0.1, 0.15) is 28.7 Å². The van der Waals surface area contributed by atoms with E-state index in [1.165, 1.54) is 16.7 Å². The van der Waals surface area contributed by atoms with Crippen LogP contribution in [-0.2, 0) is 4.74 Å². The number of pyridine rings is 1. The van der Waals surface area contributed by atoms with Crippen LogP contribution in [0.1, 0.15) is 28.6 Å². The number of hydrogen-bond donors (Lipinski definition) is 1. The van der Waals surface area contributed by atoms with Crippen LogP contribution in [0.2, 0.25) is 5.02 Å². The monoisotopic (exact) mass is 477 g/mol. The standard InChI is InChI=1S/C23H18ClF2NO6/c1-31-3-2-4-32-21-10-20-15(8-17(21)24)18-9-19(28)16(23(29)30)11-27(18)22(33-20)12-5-13(25)7-14(26)6-12/h5-11,22H,2-4H2,1H3,(H,29,30). The van der Waals surface area contributed by atoms with Crippen LogP contribution in [0, 0.1) is 11.6 Å². The third kappa shape index (κ3) is 4.55. The lowest BCUT2D eigenvalue weighted by molar-refractivity contribution is 0.0693. The Morgan fingerprint density at radius 1 is 1.15 bits per heavy atom. The van der Waals surface area contributed by atoms with Crippen molar-refractivity contribution in [1.82, 2.24) is 4.57 Å². The minimum absolute atomic E-state index is 0.0805.